The summed E-state index contributed by atoms with van der Waals surface area (Å²) in [6.07, 6.45) is 48.3. The quantitative estimate of drug-likeness (QED) is 0.0222. The Morgan fingerprint density at radius 2 is 0.567 bits per heavy atom. The molecule has 0 aromatic rings. The normalized spacial score (nSPS) is 14.4. The van der Waals surface area contributed by atoms with Crippen LogP contribution in [0.3, 0.4) is 0 Å². The average Bonchev–Trinajstić information content (AvgIpc) is 3.23. The summed E-state index contributed by atoms with van der Waals surface area (Å²) in [6, 6.07) is 0. The second-order valence-electron chi connectivity index (χ2n) is 26.3. The molecule has 90 heavy (non-hydrogen) atoms. The second-order valence-corrected chi connectivity index (χ2v) is 29.3. The van der Waals surface area contributed by atoms with E-state index in [1.807, 2.05) is 0 Å². The van der Waals surface area contributed by atoms with Gasteiger partial charge in [0.25, 0.3) is 0 Å². The fourth-order valence-corrected chi connectivity index (χ4v) is 12.3. The number of rotatable bonds is 70. The van der Waals surface area contributed by atoms with Crippen molar-refractivity contribution in [1.29, 1.82) is 0 Å². The zero-order valence-corrected chi connectivity index (χ0v) is 60.2. The summed E-state index contributed by atoms with van der Waals surface area (Å²) in [6.45, 7) is 9.58. The van der Waals surface area contributed by atoms with Crippen LogP contribution in [-0.2, 0) is 65.4 Å². The number of esters is 4. The summed E-state index contributed by atoms with van der Waals surface area (Å²) in [5, 5.41) is 10.6. The molecule has 0 radical (unpaired) electrons. The largest absolute Gasteiger partial charge is 0.472 e. The molecule has 3 N–H and O–H groups in total. The van der Waals surface area contributed by atoms with Gasteiger partial charge in [0.05, 0.1) is 26.4 Å². The van der Waals surface area contributed by atoms with Crippen molar-refractivity contribution < 1.29 is 80.2 Å². The molecule has 3 unspecified atom stereocenters. The lowest BCUT2D eigenvalue weighted by Crippen LogP contribution is -2.30. The van der Waals surface area contributed by atoms with Crippen molar-refractivity contribution in [1.82, 2.24) is 0 Å². The van der Waals surface area contributed by atoms with Crippen LogP contribution in [-0.4, -0.2) is 96.7 Å². The minimum atomic E-state index is -4.95. The molecule has 0 rings (SSSR count). The Morgan fingerprint density at radius 1 is 0.322 bits per heavy atom. The van der Waals surface area contributed by atoms with E-state index in [0.717, 1.165) is 102 Å². The minimum Gasteiger partial charge on any atom is -0.462 e. The molecule has 6 atom stereocenters. The van der Waals surface area contributed by atoms with Gasteiger partial charge in [-0.15, -0.1) is 0 Å². The summed E-state index contributed by atoms with van der Waals surface area (Å²) in [5.74, 6) is -0.546. The summed E-state index contributed by atoms with van der Waals surface area (Å²) in [4.78, 5) is 72.6. The van der Waals surface area contributed by atoms with E-state index >= 15 is 0 Å². The fraction of sp³-hybridized carbons (Fsp3) is 0.944. The third-order valence-corrected chi connectivity index (χ3v) is 18.7. The predicted octanol–water partition coefficient (Wildman–Crippen LogP) is 20.4. The lowest BCUT2D eigenvalue weighted by molar-refractivity contribution is -0.161. The van der Waals surface area contributed by atoms with Crippen LogP contribution in [0, 0.1) is 11.8 Å². The first-order chi connectivity index (χ1) is 43.4. The summed E-state index contributed by atoms with van der Waals surface area (Å²) >= 11 is 0. The number of hydrogen-bond acceptors (Lipinski definition) is 15. The van der Waals surface area contributed by atoms with Crippen LogP contribution in [0.4, 0.5) is 0 Å². The van der Waals surface area contributed by atoms with Crippen molar-refractivity contribution in [3.8, 4) is 0 Å². The molecule has 0 fully saturated rings. The van der Waals surface area contributed by atoms with Crippen LogP contribution in [0.5, 0.6) is 0 Å². The highest BCUT2D eigenvalue weighted by molar-refractivity contribution is 7.47. The summed E-state index contributed by atoms with van der Waals surface area (Å²) < 4.78 is 68.3. The lowest BCUT2D eigenvalue weighted by Gasteiger charge is -2.21. The number of aliphatic hydroxyl groups is 1. The van der Waals surface area contributed by atoms with Crippen molar-refractivity contribution in [2.45, 2.75) is 381 Å². The van der Waals surface area contributed by atoms with E-state index < -0.39 is 97.5 Å². The predicted molar refractivity (Wildman–Crippen MR) is 363 cm³/mol. The van der Waals surface area contributed by atoms with Crippen molar-refractivity contribution in [2.75, 3.05) is 39.6 Å². The standard InChI is InChI=1S/C71H138O17P2/c1-7-10-12-14-16-18-21-29-35-41-47-53-68(73)81-59-66(87-70(75)55-49-43-37-31-22-19-17-15-13-11-8-2)61-85-89(77,78)83-57-65(72)58-84-90(79,80)86-62-67(88-71(76)56-50-44-38-32-24-20-23-27-33-39-45-51-63(4)5)60-82-69(74)54-48-42-36-30-26-25-28-34-40-46-52-64(6)9-3/h63-67,72H,7-62H2,1-6H3,(H,77,78)(H,79,80)/t64?,65-,66+,67+/m0/s1. The number of ether oxygens (including phenoxy) is 4. The van der Waals surface area contributed by atoms with Crippen LogP contribution in [0.25, 0.3) is 0 Å². The third kappa shape index (κ3) is 63.5. The number of carbonyl (C=O) groups is 4. The lowest BCUT2D eigenvalue weighted by atomic mass is 9.99. The maximum Gasteiger partial charge on any atom is 0.472 e. The van der Waals surface area contributed by atoms with Crippen LogP contribution < -0.4 is 0 Å². The van der Waals surface area contributed by atoms with E-state index in [-0.39, 0.29) is 25.7 Å². The van der Waals surface area contributed by atoms with Gasteiger partial charge in [-0.1, -0.05) is 311 Å². The Labute approximate surface area is 549 Å². The zero-order chi connectivity index (χ0) is 66.5. The van der Waals surface area contributed by atoms with E-state index in [9.17, 15) is 43.2 Å². The minimum absolute atomic E-state index is 0.106. The highest BCUT2D eigenvalue weighted by Crippen LogP contribution is 2.45. The van der Waals surface area contributed by atoms with Gasteiger partial charge in [0.1, 0.15) is 19.3 Å². The van der Waals surface area contributed by atoms with Crippen LogP contribution in [0.1, 0.15) is 363 Å². The van der Waals surface area contributed by atoms with Gasteiger partial charge < -0.3 is 33.8 Å². The average molecular weight is 1330 g/mol. The topological polar surface area (TPSA) is 237 Å². The van der Waals surface area contributed by atoms with E-state index in [4.69, 9.17) is 37.0 Å². The van der Waals surface area contributed by atoms with Gasteiger partial charge in [0, 0.05) is 25.7 Å². The number of phosphoric ester groups is 2. The number of hydrogen-bond donors (Lipinski definition) is 3. The number of carbonyl (C=O) groups excluding carboxylic acids is 4. The molecular weight excluding hydrogens is 1190 g/mol. The Hall–Kier alpha value is -1.94. The van der Waals surface area contributed by atoms with Crippen molar-refractivity contribution in [3.63, 3.8) is 0 Å². The fourth-order valence-electron chi connectivity index (χ4n) is 10.7. The maximum absolute atomic E-state index is 13.0. The van der Waals surface area contributed by atoms with Crippen molar-refractivity contribution in [3.05, 3.63) is 0 Å². The van der Waals surface area contributed by atoms with Crippen LogP contribution >= 0.6 is 15.6 Å². The molecule has 0 heterocycles. The van der Waals surface area contributed by atoms with Crippen molar-refractivity contribution in [2.24, 2.45) is 11.8 Å². The van der Waals surface area contributed by atoms with E-state index in [1.54, 1.807) is 0 Å². The first-order valence-electron chi connectivity index (χ1n) is 37.0. The van der Waals surface area contributed by atoms with Gasteiger partial charge in [-0.25, -0.2) is 9.13 Å². The third-order valence-electron chi connectivity index (χ3n) is 16.8. The van der Waals surface area contributed by atoms with Crippen molar-refractivity contribution >= 4 is 39.5 Å². The molecule has 19 heteroatoms. The summed E-state index contributed by atoms with van der Waals surface area (Å²) in [5.41, 5.74) is 0. The van der Waals surface area contributed by atoms with Gasteiger partial charge in [0.2, 0.25) is 0 Å². The van der Waals surface area contributed by atoms with E-state index in [1.165, 1.54) is 180 Å². The molecule has 534 valence electrons. The molecule has 0 spiro atoms. The number of aliphatic hydroxyl groups excluding tert-OH is 1. The molecule has 0 aliphatic heterocycles. The number of unbranched alkanes of at least 4 members (excludes halogenated alkanes) is 39. The monoisotopic (exact) mass is 1320 g/mol. The van der Waals surface area contributed by atoms with E-state index in [2.05, 4.69) is 41.5 Å². The first kappa shape index (κ1) is 88.1. The van der Waals surface area contributed by atoms with Gasteiger partial charge >= 0.3 is 39.5 Å². The second kappa shape index (κ2) is 63.1. The molecule has 0 aliphatic carbocycles. The van der Waals surface area contributed by atoms with Gasteiger partial charge in [0.15, 0.2) is 12.2 Å². The highest BCUT2D eigenvalue weighted by Gasteiger charge is 2.30. The first-order valence-corrected chi connectivity index (χ1v) is 40.0. The van der Waals surface area contributed by atoms with Gasteiger partial charge in [-0.2, -0.15) is 0 Å². The Balaban J connectivity index is 5.26. The molecule has 0 bridgehead atoms. The van der Waals surface area contributed by atoms with Crippen LogP contribution in [0.2, 0.25) is 0 Å². The Morgan fingerprint density at radius 3 is 0.844 bits per heavy atom. The SMILES string of the molecule is CCCCCCCCCCCCCC(=O)OC[C@H](COP(=O)(O)OC[C@H](O)COP(=O)(O)OC[C@@H](COC(=O)CCCCCCCCCCCCC(C)CC)OC(=O)CCCCCCCCCCCCCC(C)C)OC(=O)CCCCCCCCCCCCC. The molecule has 0 amide bonds. The smallest absolute Gasteiger partial charge is 0.462 e. The van der Waals surface area contributed by atoms with Crippen LogP contribution in [0.15, 0.2) is 0 Å². The molecule has 0 aromatic heterocycles. The highest BCUT2D eigenvalue weighted by atomic mass is 31.2. The van der Waals surface area contributed by atoms with E-state index in [0.29, 0.717) is 25.7 Å². The molecule has 0 aromatic carbocycles. The molecule has 17 nitrogen and oxygen atoms in total. The Kier molecular flexibility index (Phi) is 61.8. The maximum atomic E-state index is 13.0. The molecule has 0 aliphatic rings. The molecule has 0 saturated carbocycles. The molecular formula is C71H138O17P2. The van der Waals surface area contributed by atoms with Gasteiger partial charge in [-0.3, -0.25) is 37.3 Å². The molecule has 0 saturated heterocycles. The number of phosphoric acid groups is 2. The zero-order valence-electron chi connectivity index (χ0n) is 58.4. The summed E-state index contributed by atoms with van der Waals surface area (Å²) in [7, 11) is -9.90. The van der Waals surface area contributed by atoms with Gasteiger partial charge in [-0.05, 0) is 37.5 Å². The Bertz CT molecular complexity index is 1750.